The smallest absolute Gasteiger partial charge is 0.490 e. The SMILES string of the molecule is CC(=O)Nc1ccc(O)cc1N1CC(NC2CCN(C(=O)c3ccc(Cl)cc3)CC2)[C@H](O)C1.O=C(O)C(F)(F)F. The minimum Gasteiger partial charge on any atom is -0.508 e. The van der Waals surface area contributed by atoms with Crippen LogP contribution in [-0.2, 0) is 9.59 Å². The van der Waals surface area contributed by atoms with Gasteiger partial charge < -0.3 is 35.8 Å². The highest BCUT2D eigenvalue weighted by molar-refractivity contribution is 6.30. The first-order valence-electron chi connectivity index (χ1n) is 12.4. The number of aliphatic hydroxyl groups excluding tert-OH is 1. The Hall–Kier alpha value is -3.55. The van der Waals surface area contributed by atoms with Crippen molar-refractivity contribution in [2.24, 2.45) is 0 Å². The van der Waals surface area contributed by atoms with Crippen LogP contribution < -0.4 is 15.5 Å². The average molecular weight is 587 g/mol. The fraction of sp³-hybridized carbons (Fsp3) is 0.423. The number of anilines is 2. The molecule has 0 saturated carbocycles. The lowest BCUT2D eigenvalue weighted by Crippen LogP contribution is -2.50. The number of halogens is 4. The zero-order valence-corrected chi connectivity index (χ0v) is 22.2. The van der Waals surface area contributed by atoms with Crippen LogP contribution >= 0.6 is 11.6 Å². The van der Waals surface area contributed by atoms with Crippen LogP contribution in [0, 0.1) is 0 Å². The maximum atomic E-state index is 12.7. The van der Waals surface area contributed by atoms with Crippen LogP contribution in [0.1, 0.15) is 30.1 Å². The van der Waals surface area contributed by atoms with E-state index in [1.807, 2.05) is 9.80 Å². The van der Waals surface area contributed by atoms with Gasteiger partial charge in [0.15, 0.2) is 0 Å². The number of rotatable bonds is 5. The lowest BCUT2D eigenvalue weighted by atomic mass is 10.0. The molecule has 0 aliphatic carbocycles. The molecule has 2 amide bonds. The Bertz CT molecular complexity index is 1210. The number of aliphatic carboxylic acids is 1. The summed E-state index contributed by atoms with van der Waals surface area (Å²) in [5, 5.41) is 34.7. The quantitative estimate of drug-likeness (QED) is 0.337. The number of benzene rings is 2. The van der Waals surface area contributed by atoms with Crippen molar-refractivity contribution < 1.29 is 42.9 Å². The number of aliphatic hydroxyl groups is 1. The third-order valence-electron chi connectivity index (χ3n) is 6.49. The number of piperidine rings is 1. The number of nitrogens with zero attached hydrogens (tertiary/aromatic N) is 2. The number of β-amino-alcohol motifs (C(OH)–C–C–N with tert-alkyl or cyclic N) is 1. The molecular weight excluding hydrogens is 557 g/mol. The van der Waals surface area contributed by atoms with Crippen molar-refractivity contribution >= 4 is 40.8 Å². The summed E-state index contributed by atoms with van der Waals surface area (Å²) in [6, 6.07) is 11.8. The Balaban J connectivity index is 0.000000559. The van der Waals surface area contributed by atoms with Crippen LogP contribution in [0.2, 0.25) is 5.02 Å². The summed E-state index contributed by atoms with van der Waals surface area (Å²) >= 11 is 5.91. The maximum Gasteiger partial charge on any atom is 0.490 e. The van der Waals surface area contributed by atoms with E-state index in [2.05, 4.69) is 10.6 Å². The van der Waals surface area contributed by atoms with E-state index in [0.717, 1.165) is 12.8 Å². The molecule has 2 atom stereocenters. The molecule has 2 aromatic carbocycles. The molecule has 4 rings (SSSR count). The number of carbonyl (C=O) groups excluding carboxylic acids is 2. The number of carboxylic acids is 1. The lowest BCUT2D eigenvalue weighted by molar-refractivity contribution is -0.192. The number of aromatic hydroxyl groups is 1. The van der Waals surface area contributed by atoms with Gasteiger partial charge in [0.1, 0.15) is 5.75 Å². The first-order chi connectivity index (χ1) is 18.7. The highest BCUT2D eigenvalue weighted by Gasteiger charge is 2.38. The van der Waals surface area contributed by atoms with Gasteiger partial charge >= 0.3 is 12.1 Å². The molecule has 0 spiro atoms. The number of hydrogen-bond acceptors (Lipinski definition) is 7. The third-order valence-corrected chi connectivity index (χ3v) is 6.74. The molecule has 10 nitrogen and oxygen atoms in total. The van der Waals surface area contributed by atoms with Crippen molar-refractivity contribution in [3.63, 3.8) is 0 Å². The second-order valence-corrected chi connectivity index (χ2v) is 9.94. The summed E-state index contributed by atoms with van der Waals surface area (Å²) in [7, 11) is 0. The fourth-order valence-electron chi connectivity index (χ4n) is 4.55. The van der Waals surface area contributed by atoms with E-state index in [1.165, 1.54) is 13.0 Å². The number of alkyl halides is 3. The van der Waals surface area contributed by atoms with Gasteiger partial charge in [-0.15, -0.1) is 0 Å². The molecule has 1 unspecified atom stereocenters. The second-order valence-electron chi connectivity index (χ2n) is 9.50. The molecule has 40 heavy (non-hydrogen) atoms. The highest BCUT2D eigenvalue weighted by Crippen LogP contribution is 2.33. The predicted molar refractivity (Wildman–Crippen MR) is 142 cm³/mol. The minimum atomic E-state index is -5.08. The summed E-state index contributed by atoms with van der Waals surface area (Å²) in [5.74, 6) is -2.85. The summed E-state index contributed by atoms with van der Waals surface area (Å²) in [6.45, 7) is 3.66. The zero-order chi connectivity index (χ0) is 29.6. The Kier molecular flexibility index (Phi) is 10.2. The monoisotopic (exact) mass is 586 g/mol. The van der Waals surface area contributed by atoms with Crippen LogP contribution in [0.5, 0.6) is 5.75 Å². The number of hydrogen-bond donors (Lipinski definition) is 5. The van der Waals surface area contributed by atoms with Gasteiger partial charge in [-0.25, -0.2) is 4.79 Å². The van der Waals surface area contributed by atoms with Crippen LogP contribution in [-0.4, -0.2) is 88.5 Å². The molecule has 2 aliphatic heterocycles. The average Bonchev–Trinajstić information content (AvgIpc) is 3.25. The molecule has 2 heterocycles. The maximum absolute atomic E-state index is 12.7. The largest absolute Gasteiger partial charge is 0.508 e. The molecule has 2 aliphatic rings. The third kappa shape index (κ3) is 8.47. The van der Waals surface area contributed by atoms with Crippen molar-refractivity contribution in [2.45, 2.75) is 44.1 Å². The van der Waals surface area contributed by atoms with Gasteiger partial charge in [-0.05, 0) is 49.2 Å². The molecule has 5 N–H and O–H groups in total. The van der Waals surface area contributed by atoms with Crippen LogP contribution in [0.3, 0.4) is 0 Å². The Morgan fingerprint density at radius 3 is 2.17 bits per heavy atom. The number of likely N-dealkylation sites (tertiary alicyclic amines) is 1. The summed E-state index contributed by atoms with van der Waals surface area (Å²) in [4.78, 5) is 37.0. The van der Waals surface area contributed by atoms with E-state index in [9.17, 15) is 33.0 Å². The summed E-state index contributed by atoms with van der Waals surface area (Å²) in [5.41, 5.74) is 1.91. The van der Waals surface area contributed by atoms with E-state index in [1.54, 1.807) is 36.4 Å². The van der Waals surface area contributed by atoms with E-state index in [-0.39, 0.29) is 29.6 Å². The molecular formula is C26H30ClF3N4O6. The second kappa shape index (κ2) is 13.2. The van der Waals surface area contributed by atoms with Crippen LogP contribution in [0.15, 0.2) is 42.5 Å². The van der Waals surface area contributed by atoms with Gasteiger partial charge in [0.05, 0.1) is 23.5 Å². The van der Waals surface area contributed by atoms with Gasteiger partial charge in [0.25, 0.3) is 5.91 Å². The summed E-state index contributed by atoms with van der Waals surface area (Å²) < 4.78 is 31.7. The minimum absolute atomic E-state index is 0.00609. The van der Waals surface area contributed by atoms with Crippen molar-refractivity contribution in [2.75, 3.05) is 36.4 Å². The van der Waals surface area contributed by atoms with Gasteiger partial charge in [-0.1, -0.05) is 11.6 Å². The van der Waals surface area contributed by atoms with Gasteiger partial charge in [-0.3, -0.25) is 9.59 Å². The molecule has 218 valence electrons. The van der Waals surface area contributed by atoms with E-state index in [0.29, 0.717) is 48.1 Å². The molecule has 0 bridgehead atoms. The number of phenolic OH excluding ortho intramolecular Hbond substituents is 1. The lowest BCUT2D eigenvalue weighted by Gasteiger charge is -2.34. The Labute approximate surface area is 233 Å². The molecule has 2 saturated heterocycles. The number of nitrogens with one attached hydrogen (secondary N) is 2. The van der Waals surface area contributed by atoms with Crippen LogP contribution in [0.25, 0.3) is 0 Å². The number of amides is 2. The van der Waals surface area contributed by atoms with Crippen LogP contribution in [0.4, 0.5) is 24.5 Å². The van der Waals surface area contributed by atoms with Crippen molar-refractivity contribution in [3.05, 3.63) is 53.1 Å². The van der Waals surface area contributed by atoms with E-state index in [4.69, 9.17) is 21.5 Å². The zero-order valence-electron chi connectivity index (χ0n) is 21.5. The Morgan fingerprint density at radius 2 is 1.62 bits per heavy atom. The topological polar surface area (TPSA) is 142 Å². The number of carbonyl (C=O) groups is 3. The van der Waals surface area contributed by atoms with Gasteiger partial charge in [0, 0.05) is 55.8 Å². The molecule has 0 radical (unpaired) electrons. The van der Waals surface area contributed by atoms with Gasteiger partial charge in [0.2, 0.25) is 5.91 Å². The normalized spacial score (nSPS) is 19.6. The molecule has 0 aromatic heterocycles. The van der Waals surface area contributed by atoms with E-state index >= 15 is 0 Å². The van der Waals surface area contributed by atoms with Crippen molar-refractivity contribution in [1.29, 1.82) is 0 Å². The first kappa shape index (κ1) is 31.0. The van der Waals surface area contributed by atoms with Crippen molar-refractivity contribution in [3.8, 4) is 5.75 Å². The standard InChI is InChI=1S/C24H29ClN4O4.C2HF3O2/c1-15(30)26-20-7-6-19(31)12-22(20)29-13-21(23(32)14-29)27-18-8-10-28(11-9-18)24(33)16-2-4-17(25)5-3-16;3-2(4,5)1(6)7/h2-7,12,18,21,23,27,31-32H,8-11,13-14H2,1H3,(H,26,30);(H,6,7)/t21?,23-;/m1./s1. The van der Waals surface area contributed by atoms with Gasteiger partial charge in [-0.2, -0.15) is 13.2 Å². The summed E-state index contributed by atoms with van der Waals surface area (Å²) in [6.07, 6.45) is -4.08. The fourth-order valence-corrected chi connectivity index (χ4v) is 4.68. The number of carboxylic acid groups (broad SMARTS) is 1. The molecule has 2 aromatic rings. The number of phenols is 1. The Morgan fingerprint density at radius 1 is 1.02 bits per heavy atom. The predicted octanol–water partition coefficient (Wildman–Crippen LogP) is 3.08. The first-order valence-corrected chi connectivity index (χ1v) is 12.8. The van der Waals surface area contributed by atoms with Crippen molar-refractivity contribution in [1.82, 2.24) is 10.2 Å². The molecule has 14 heteroatoms. The highest BCUT2D eigenvalue weighted by atomic mass is 35.5. The van der Waals surface area contributed by atoms with E-state index < -0.39 is 18.2 Å². The molecule has 2 fully saturated rings.